The highest BCUT2D eigenvalue weighted by Crippen LogP contribution is 2.35. The van der Waals surface area contributed by atoms with Crippen LogP contribution in [0.25, 0.3) is 0 Å². The van der Waals surface area contributed by atoms with Crippen molar-refractivity contribution in [3.63, 3.8) is 0 Å². The number of halogens is 6. The summed E-state index contributed by atoms with van der Waals surface area (Å²) in [5.41, 5.74) is -2.24. The lowest BCUT2D eigenvalue weighted by Gasteiger charge is -2.26. The van der Waals surface area contributed by atoms with Crippen LogP contribution in [0.2, 0.25) is 0 Å². The number of hydrogen-bond donors (Lipinski definition) is 2. The van der Waals surface area contributed by atoms with Crippen LogP contribution in [0, 0.1) is 17.2 Å². The molecule has 0 amide bonds. The minimum atomic E-state index is -5.17. The van der Waals surface area contributed by atoms with Gasteiger partial charge in [0.2, 0.25) is 0 Å². The number of rotatable bonds is 2. The summed E-state index contributed by atoms with van der Waals surface area (Å²) in [6.45, 7) is 0. The molecule has 1 aromatic rings. The number of alkyl halides is 6. The van der Waals surface area contributed by atoms with Crippen molar-refractivity contribution in [3.05, 3.63) is 23.9 Å². The van der Waals surface area contributed by atoms with Gasteiger partial charge in [0.1, 0.15) is 17.5 Å². The molecule has 0 spiro atoms. The Morgan fingerprint density at radius 2 is 1.83 bits per heavy atom. The summed E-state index contributed by atoms with van der Waals surface area (Å²) in [5, 5.41) is 31.7. The first kappa shape index (κ1) is 18.0. The van der Waals surface area contributed by atoms with Crippen LogP contribution in [-0.2, 0) is 6.18 Å². The molecule has 0 fully saturated rings. The summed E-state index contributed by atoms with van der Waals surface area (Å²) in [4.78, 5) is 3.16. The monoisotopic (exact) mass is 354 g/mol. The van der Waals surface area contributed by atoms with Gasteiger partial charge in [-0.05, 0) is 12.1 Å². The molecule has 3 unspecified atom stereocenters. The maximum atomic E-state index is 12.6. The van der Waals surface area contributed by atoms with Gasteiger partial charge in [-0.2, -0.15) is 36.7 Å². The van der Waals surface area contributed by atoms with E-state index < -0.39 is 47.8 Å². The first-order valence-electron chi connectivity index (χ1n) is 6.21. The van der Waals surface area contributed by atoms with Crippen molar-refractivity contribution in [3.8, 4) is 6.07 Å². The van der Waals surface area contributed by atoms with Gasteiger partial charge in [0.25, 0.3) is 0 Å². The molecular formula is C12H8F6N4O2. The predicted molar refractivity (Wildman–Crippen MR) is 66.3 cm³/mol. The zero-order valence-corrected chi connectivity index (χ0v) is 11.4. The number of nitriles is 1. The highest BCUT2D eigenvalue weighted by Gasteiger charge is 2.53. The van der Waals surface area contributed by atoms with Gasteiger partial charge >= 0.3 is 12.4 Å². The second-order valence-corrected chi connectivity index (χ2v) is 4.75. The molecule has 1 aliphatic heterocycles. The summed E-state index contributed by atoms with van der Waals surface area (Å²) in [7, 11) is 0. The topological polar surface area (TPSA) is 92.7 Å². The van der Waals surface area contributed by atoms with Crippen LogP contribution in [0.15, 0.2) is 23.3 Å². The third kappa shape index (κ3) is 3.26. The molecule has 0 saturated heterocycles. The molecule has 2 rings (SSSR count). The zero-order valence-electron chi connectivity index (χ0n) is 11.4. The Morgan fingerprint density at radius 3 is 2.33 bits per heavy atom. The number of hydrogen-bond acceptors (Lipinski definition) is 6. The minimum absolute atomic E-state index is 0.327. The molecule has 24 heavy (non-hydrogen) atoms. The molecular weight excluding hydrogens is 346 g/mol. The molecule has 0 aliphatic carbocycles. The average Bonchev–Trinajstić information content (AvgIpc) is 2.81. The number of pyridine rings is 1. The van der Waals surface area contributed by atoms with Gasteiger partial charge in [-0.15, -0.1) is 0 Å². The van der Waals surface area contributed by atoms with Crippen LogP contribution in [0.3, 0.4) is 0 Å². The van der Waals surface area contributed by atoms with Gasteiger partial charge in [0.05, 0.1) is 5.92 Å². The normalized spacial score (nSPS) is 23.0. The second-order valence-electron chi connectivity index (χ2n) is 4.75. The predicted octanol–water partition coefficient (Wildman–Crippen LogP) is 1.66. The molecule has 0 radical (unpaired) electrons. The van der Waals surface area contributed by atoms with E-state index in [4.69, 9.17) is 5.26 Å². The zero-order chi connectivity index (χ0) is 18.3. The standard InChI is InChI=1S/C12H8F6N4O2/c13-11(14,15)6-2-1-3-7(20-6)22-10(24)8(5(4-19)21-22)9(23)12(16,17)18/h1-3,8-10,23-24H. The number of aliphatic hydroxyl groups excluding tert-OH is 2. The maximum Gasteiger partial charge on any atom is 0.433 e. The molecule has 0 saturated carbocycles. The van der Waals surface area contributed by atoms with Crippen LogP contribution in [-0.4, -0.2) is 39.4 Å². The summed E-state index contributed by atoms with van der Waals surface area (Å²) < 4.78 is 75.8. The van der Waals surface area contributed by atoms with E-state index in [1.54, 1.807) is 0 Å². The van der Waals surface area contributed by atoms with E-state index in [0.717, 1.165) is 12.1 Å². The molecule has 0 bridgehead atoms. The quantitative estimate of drug-likeness (QED) is 0.788. The van der Waals surface area contributed by atoms with Gasteiger partial charge in [-0.25, -0.2) is 9.99 Å². The van der Waals surface area contributed by atoms with E-state index in [1.807, 2.05) is 0 Å². The van der Waals surface area contributed by atoms with E-state index in [1.165, 1.54) is 6.07 Å². The number of nitrogens with zero attached hydrogens (tertiary/aromatic N) is 4. The molecule has 12 heteroatoms. The van der Waals surface area contributed by atoms with E-state index in [2.05, 4.69) is 10.1 Å². The van der Waals surface area contributed by atoms with Crippen LogP contribution in [0.5, 0.6) is 0 Å². The SMILES string of the molecule is N#CC1=NN(c2cccc(C(F)(F)F)n2)C(O)C1C(O)C(F)(F)F. The van der Waals surface area contributed by atoms with Gasteiger partial charge in [0, 0.05) is 0 Å². The Labute approximate surface area is 130 Å². The van der Waals surface area contributed by atoms with E-state index >= 15 is 0 Å². The highest BCUT2D eigenvalue weighted by molar-refractivity contribution is 6.03. The van der Waals surface area contributed by atoms with Crippen molar-refractivity contribution in [2.75, 3.05) is 5.01 Å². The maximum absolute atomic E-state index is 12.6. The van der Waals surface area contributed by atoms with Crippen molar-refractivity contribution in [1.82, 2.24) is 4.98 Å². The fourth-order valence-electron chi connectivity index (χ4n) is 2.04. The van der Waals surface area contributed by atoms with Gasteiger partial charge in [-0.1, -0.05) is 6.07 Å². The number of aliphatic hydroxyl groups is 2. The molecule has 130 valence electrons. The lowest BCUT2D eigenvalue weighted by Crippen LogP contribution is -2.46. The molecule has 2 heterocycles. The lowest BCUT2D eigenvalue weighted by atomic mass is 9.96. The molecule has 1 aromatic heterocycles. The molecule has 3 atom stereocenters. The van der Waals surface area contributed by atoms with Gasteiger partial charge < -0.3 is 10.2 Å². The molecule has 6 nitrogen and oxygen atoms in total. The van der Waals surface area contributed by atoms with Gasteiger partial charge in [0.15, 0.2) is 18.1 Å². The van der Waals surface area contributed by atoms with E-state index in [-0.39, 0.29) is 0 Å². The summed E-state index contributed by atoms with van der Waals surface area (Å²) in [5.74, 6) is -2.80. The fourth-order valence-corrected chi connectivity index (χ4v) is 2.04. The highest BCUT2D eigenvalue weighted by atomic mass is 19.4. The van der Waals surface area contributed by atoms with Crippen molar-refractivity contribution in [2.45, 2.75) is 24.7 Å². The number of hydrazone groups is 1. The van der Waals surface area contributed by atoms with E-state index in [0.29, 0.717) is 11.1 Å². The first-order chi connectivity index (χ1) is 11.0. The van der Waals surface area contributed by atoms with Crippen LogP contribution in [0.4, 0.5) is 32.2 Å². The largest absolute Gasteiger partial charge is 0.433 e. The lowest BCUT2D eigenvalue weighted by molar-refractivity contribution is -0.218. The molecule has 0 aromatic carbocycles. The average molecular weight is 354 g/mol. The number of anilines is 1. The summed E-state index contributed by atoms with van der Waals surface area (Å²) in [6.07, 6.45) is -15.3. The summed E-state index contributed by atoms with van der Waals surface area (Å²) >= 11 is 0. The minimum Gasteiger partial charge on any atom is -0.383 e. The van der Waals surface area contributed by atoms with Crippen LogP contribution < -0.4 is 5.01 Å². The Kier molecular flexibility index (Phi) is 4.42. The van der Waals surface area contributed by atoms with Crippen molar-refractivity contribution in [1.29, 1.82) is 5.26 Å². The van der Waals surface area contributed by atoms with Gasteiger partial charge in [-0.3, -0.25) is 0 Å². The first-order valence-corrected chi connectivity index (χ1v) is 6.21. The Morgan fingerprint density at radius 1 is 1.21 bits per heavy atom. The Bertz CT molecular complexity index is 696. The summed E-state index contributed by atoms with van der Waals surface area (Å²) in [6, 6.07) is 3.76. The van der Waals surface area contributed by atoms with Crippen LogP contribution >= 0.6 is 0 Å². The van der Waals surface area contributed by atoms with E-state index in [9.17, 15) is 36.6 Å². The van der Waals surface area contributed by atoms with Crippen molar-refractivity contribution in [2.24, 2.45) is 11.0 Å². The Balaban J connectivity index is 2.41. The third-order valence-electron chi connectivity index (χ3n) is 3.15. The Hall–Kier alpha value is -2.39. The number of aromatic nitrogens is 1. The fraction of sp³-hybridized carbons (Fsp3) is 0.417. The van der Waals surface area contributed by atoms with Crippen molar-refractivity contribution < 1.29 is 36.6 Å². The van der Waals surface area contributed by atoms with Crippen LogP contribution in [0.1, 0.15) is 5.69 Å². The molecule has 2 N–H and O–H groups in total. The second kappa shape index (κ2) is 5.91. The molecule has 1 aliphatic rings. The van der Waals surface area contributed by atoms with Crippen molar-refractivity contribution >= 4 is 11.5 Å². The third-order valence-corrected chi connectivity index (χ3v) is 3.15. The smallest absolute Gasteiger partial charge is 0.383 e.